The van der Waals surface area contributed by atoms with Gasteiger partial charge in [-0.3, -0.25) is 0 Å². The second-order valence-corrected chi connectivity index (χ2v) is 4.03. The molecule has 0 radical (unpaired) electrons. The quantitative estimate of drug-likeness (QED) is 0.752. The van der Waals surface area contributed by atoms with Gasteiger partial charge in [-0.15, -0.1) is 0 Å². The van der Waals surface area contributed by atoms with Crippen LogP contribution in [0, 0.1) is 6.92 Å². The molecule has 2 aromatic rings. The van der Waals surface area contributed by atoms with Crippen molar-refractivity contribution in [2.24, 2.45) is 7.05 Å². The van der Waals surface area contributed by atoms with Gasteiger partial charge in [-0.05, 0) is 26.0 Å². The molecule has 0 N–H and O–H groups in total. The predicted octanol–water partition coefficient (Wildman–Crippen LogP) is 2.37. The van der Waals surface area contributed by atoms with Crippen LogP contribution in [-0.4, -0.2) is 11.5 Å². The van der Waals surface area contributed by atoms with Gasteiger partial charge in [0, 0.05) is 6.07 Å². The molecule has 0 saturated heterocycles. The number of hydrogen-bond acceptors (Lipinski definition) is 2. The van der Waals surface area contributed by atoms with Gasteiger partial charge in [0.25, 0.3) is 0 Å². The Bertz CT molecular complexity index is 494. The van der Waals surface area contributed by atoms with Gasteiger partial charge >= 0.3 is 5.95 Å². The molecule has 17 heavy (non-hydrogen) atoms. The van der Waals surface area contributed by atoms with Crippen LogP contribution in [0.25, 0.3) is 0 Å². The fourth-order valence-corrected chi connectivity index (χ4v) is 1.87. The Labute approximate surface area is 102 Å². The molecule has 0 atom stereocenters. The fraction of sp³-hybridized carbons (Fsp3) is 0.286. The number of hydrogen-bond donors (Lipinski definition) is 0. The number of aryl methyl sites for hydroxylation is 1. The van der Waals surface area contributed by atoms with Crippen molar-refractivity contribution in [1.29, 1.82) is 0 Å². The van der Waals surface area contributed by atoms with E-state index in [-0.39, 0.29) is 0 Å². The topological polar surface area (TPSA) is 20.0 Å². The number of anilines is 2. The molecule has 0 aliphatic rings. The molecular formula is C14H18N3+. The van der Waals surface area contributed by atoms with E-state index in [1.54, 1.807) is 0 Å². The van der Waals surface area contributed by atoms with Gasteiger partial charge in [-0.25, -0.2) is 9.47 Å². The minimum atomic E-state index is 0.897. The molecule has 0 spiro atoms. The van der Waals surface area contributed by atoms with Crippen molar-refractivity contribution in [3.8, 4) is 0 Å². The third kappa shape index (κ3) is 2.28. The zero-order chi connectivity index (χ0) is 12.3. The predicted molar refractivity (Wildman–Crippen MR) is 69.3 cm³/mol. The maximum absolute atomic E-state index is 4.48. The lowest BCUT2D eigenvalue weighted by Crippen LogP contribution is -2.40. The Hall–Kier alpha value is -1.90. The van der Waals surface area contributed by atoms with E-state index < -0.39 is 0 Å². The molecule has 0 fully saturated rings. The lowest BCUT2D eigenvalue weighted by molar-refractivity contribution is -0.667. The summed E-state index contributed by atoms with van der Waals surface area (Å²) in [6, 6.07) is 12.4. The second kappa shape index (κ2) is 4.95. The summed E-state index contributed by atoms with van der Waals surface area (Å²) in [5.74, 6) is 0.971. The molecule has 0 bridgehead atoms. The van der Waals surface area contributed by atoms with E-state index in [1.807, 2.05) is 37.5 Å². The van der Waals surface area contributed by atoms with Crippen LogP contribution in [0.4, 0.5) is 11.6 Å². The summed E-state index contributed by atoms with van der Waals surface area (Å²) in [5.41, 5.74) is 2.37. The lowest BCUT2D eigenvalue weighted by Gasteiger charge is -2.16. The van der Waals surface area contributed by atoms with E-state index in [9.17, 15) is 0 Å². The van der Waals surface area contributed by atoms with Crippen LogP contribution in [0.3, 0.4) is 0 Å². The number of rotatable bonds is 3. The average Bonchev–Trinajstić information content (AvgIpc) is 2.37. The van der Waals surface area contributed by atoms with E-state index in [4.69, 9.17) is 0 Å². The smallest absolute Gasteiger partial charge is 0.235 e. The second-order valence-electron chi connectivity index (χ2n) is 4.03. The molecule has 0 saturated carbocycles. The van der Waals surface area contributed by atoms with Gasteiger partial charge in [0.05, 0.1) is 19.3 Å². The summed E-state index contributed by atoms with van der Waals surface area (Å²) < 4.78 is 2.11. The minimum Gasteiger partial charge on any atom is -0.235 e. The Morgan fingerprint density at radius 2 is 1.88 bits per heavy atom. The summed E-state index contributed by atoms with van der Waals surface area (Å²) in [6.45, 7) is 5.12. The van der Waals surface area contributed by atoms with E-state index in [0.717, 1.165) is 12.5 Å². The maximum Gasteiger partial charge on any atom is 0.398 e. The third-order valence-corrected chi connectivity index (χ3v) is 2.96. The molecule has 1 aromatic heterocycles. The van der Waals surface area contributed by atoms with Gasteiger partial charge in [-0.1, -0.05) is 23.2 Å². The molecule has 3 heteroatoms. The summed E-state index contributed by atoms with van der Waals surface area (Å²) in [6.07, 6.45) is 1.86. The Balaban J connectivity index is 2.46. The molecule has 0 aliphatic heterocycles. The first kappa shape index (κ1) is 11.6. The highest BCUT2D eigenvalue weighted by atomic mass is 15.3. The Morgan fingerprint density at radius 3 is 2.53 bits per heavy atom. The van der Waals surface area contributed by atoms with Gasteiger partial charge in [0.15, 0.2) is 0 Å². The SMILES string of the molecule is CCN(c1ccccc1)c1nccc(C)[n+]1C. The van der Waals surface area contributed by atoms with E-state index >= 15 is 0 Å². The van der Waals surface area contributed by atoms with E-state index in [2.05, 4.69) is 40.4 Å². The van der Waals surface area contributed by atoms with Gasteiger partial charge in [0.2, 0.25) is 0 Å². The number of aromatic nitrogens is 2. The summed E-state index contributed by atoms with van der Waals surface area (Å²) in [7, 11) is 2.04. The van der Waals surface area contributed by atoms with E-state index in [0.29, 0.717) is 0 Å². The number of nitrogens with zero attached hydrogens (tertiary/aromatic N) is 3. The first-order valence-corrected chi connectivity index (χ1v) is 5.88. The molecule has 88 valence electrons. The van der Waals surface area contributed by atoms with Crippen molar-refractivity contribution < 1.29 is 4.57 Å². The van der Waals surface area contributed by atoms with Crippen molar-refractivity contribution in [3.63, 3.8) is 0 Å². The minimum absolute atomic E-state index is 0.897. The maximum atomic E-state index is 4.48. The van der Waals surface area contributed by atoms with Gasteiger partial charge in [0.1, 0.15) is 11.9 Å². The zero-order valence-electron chi connectivity index (χ0n) is 10.6. The Morgan fingerprint density at radius 1 is 1.18 bits per heavy atom. The zero-order valence-corrected chi connectivity index (χ0v) is 10.6. The lowest BCUT2D eigenvalue weighted by atomic mass is 10.3. The highest BCUT2D eigenvalue weighted by molar-refractivity contribution is 5.54. The van der Waals surface area contributed by atoms with Crippen LogP contribution in [0.2, 0.25) is 0 Å². The molecule has 1 heterocycles. The highest BCUT2D eigenvalue weighted by Gasteiger charge is 2.20. The van der Waals surface area contributed by atoms with Crippen molar-refractivity contribution in [3.05, 3.63) is 48.3 Å². The first-order chi connectivity index (χ1) is 8.24. The van der Waals surface area contributed by atoms with Crippen molar-refractivity contribution in [1.82, 2.24) is 4.98 Å². The first-order valence-electron chi connectivity index (χ1n) is 5.88. The van der Waals surface area contributed by atoms with Crippen LogP contribution in [0.15, 0.2) is 42.6 Å². The number of benzene rings is 1. The largest absolute Gasteiger partial charge is 0.398 e. The van der Waals surface area contributed by atoms with Crippen molar-refractivity contribution in [2.45, 2.75) is 13.8 Å². The normalized spacial score (nSPS) is 10.3. The third-order valence-electron chi connectivity index (χ3n) is 2.96. The molecule has 3 nitrogen and oxygen atoms in total. The molecule has 1 aromatic carbocycles. The van der Waals surface area contributed by atoms with Crippen LogP contribution in [-0.2, 0) is 7.05 Å². The summed E-state index contributed by atoms with van der Waals surface area (Å²) in [5, 5.41) is 0. The van der Waals surface area contributed by atoms with Crippen molar-refractivity contribution in [2.75, 3.05) is 11.4 Å². The number of para-hydroxylation sites is 1. The van der Waals surface area contributed by atoms with Gasteiger partial charge < -0.3 is 0 Å². The van der Waals surface area contributed by atoms with Crippen LogP contribution >= 0.6 is 0 Å². The fourth-order valence-electron chi connectivity index (χ4n) is 1.87. The summed E-state index contributed by atoms with van der Waals surface area (Å²) >= 11 is 0. The van der Waals surface area contributed by atoms with Crippen molar-refractivity contribution >= 4 is 11.6 Å². The molecule has 0 amide bonds. The molecule has 0 aliphatic carbocycles. The van der Waals surface area contributed by atoms with Crippen LogP contribution < -0.4 is 9.47 Å². The Kier molecular flexibility index (Phi) is 3.38. The monoisotopic (exact) mass is 228 g/mol. The molecule has 0 unspecified atom stereocenters. The van der Waals surface area contributed by atoms with Crippen LogP contribution in [0.1, 0.15) is 12.6 Å². The molecule has 2 rings (SSSR count). The van der Waals surface area contributed by atoms with Gasteiger partial charge in [-0.2, -0.15) is 0 Å². The average molecular weight is 228 g/mol. The van der Waals surface area contributed by atoms with E-state index in [1.165, 1.54) is 11.4 Å². The highest BCUT2D eigenvalue weighted by Crippen LogP contribution is 2.19. The standard InChI is InChI=1S/C14H18N3/c1-4-17(13-8-6-5-7-9-13)14-15-11-10-12(2)16(14)3/h5-11H,4H2,1-3H3/q+1. The summed E-state index contributed by atoms with van der Waals surface area (Å²) in [4.78, 5) is 6.68. The molecular weight excluding hydrogens is 210 g/mol. The van der Waals surface area contributed by atoms with Crippen LogP contribution in [0.5, 0.6) is 0 Å².